The highest BCUT2D eigenvalue weighted by Gasteiger charge is 2.19. The molecule has 0 saturated heterocycles. The van der Waals surface area contributed by atoms with Gasteiger partial charge in [0.15, 0.2) is 0 Å². The molecule has 2 aromatic carbocycles. The van der Waals surface area contributed by atoms with Gasteiger partial charge in [0.2, 0.25) is 5.91 Å². The van der Waals surface area contributed by atoms with Crippen LogP contribution in [0.5, 0.6) is 0 Å². The summed E-state index contributed by atoms with van der Waals surface area (Å²) in [4.78, 5) is 12.1. The van der Waals surface area contributed by atoms with Crippen LogP contribution in [0.2, 0.25) is 0 Å². The van der Waals surface area contributed by atoms with Crippen molar-refractivity contribution >= 4 is 27.3 Å². The minimum absolute atomic E-state index is 0.130. The number of hydrogen-bond acceptors (Lipinski definition) is 3. The third-order valence-electron chi connectivity index (χ3n) is 3.98. The molecule has 0 heterocycles. The number of nitrogens with one attached hydrogen (secondary N) is 2. The van der Waals surface area contributed by atoms with E-state index in [0.29, 0.717) is 23.4 Å². The number of sulfonamides is 1. The molecule has 0 aromatic heterocycles. The van der Waals surface area contributed by atoms with Crippen molar-refractivity contribution in [2.75, 3.05) is 10.0 Å². The van der Waals surface area contributed by atoms with Gasteiger partial charge in [-0.1, -0.05) is 37.6 Å². The van der Waals surface area contributed by atoms with Gasteiger partial charge in [-0.3, -0.25) is 9.52 Å². The molecule has 0 unspecified atom stereocenters. The predicted molar refractivity (Wildman–Crippen MR) is 106 cm³/mol. The number of carbonyl (C=O) groups excluding carboxylic acids is 1. The van der Waals surface area contributed by atoms with Crippen molar-refractivity contribution < 1.29 is 13.2 Å². The van der Waals surface area contributed by atoms with E-state index in [0.717, 1.165) is 11.1 Å². The summed E-state index contributed by atoms with van der Waals surface area (Å²) in [5.41, 5.74) is 3.56. The van der Waals surface area contributed by atoms with Gasteiger partial charge in [0.25, 0.3) is 10.0 Å². The van der Waals surface area contributed by atoms with E-state index in [2.05, 4.69) is 10.0 Å². The number of carbonyl (C=O) groups is 1. The van der Waals surface area contributed by atoms with Gasteiger partial charge in [-0.25, -0.2) is 8.42 Å². The zero-order valence-electron chi connectivity index (χ0n) is 15.9. The molecule has 0 saturated carbocycles. The Hall–Kier alpha value is -2.34. The van der Waals surface area contributed by atoms with Crippen LogP contribution in [0.4, 0.5) is 11.4 Å². The van der Waals surface area contributed by atoms with Crippen LogP contribution >= 0.6 is 0 Å². The predicted octanol–water partition coefficient (Wildman–Crippen LogP) is 4.40. The van der Waals surface area contributed by atoms with Crippen LogP contribution in [0.3, 0.4) is 0 Å². The van der Waals surface area contributed by atoms with Crippen molar-refractivity contribution in [3.05, 3.63) is 53.1 Å². The normalized spacial score (nSPS) is 11.5. The van der Waals surface area contributed by atoms with Crippen LogP contribution in [-0.2, 0) is 14.8 Å². The van der Waals surface area contributed by atoms with Crippen LogP contribution in [-0.4, -0.2) is 14.3 Å². The van der Waals surface area contributed by atoms with Gasteiger partial charge in [0.05, 0.1) is 10.6 Å². The fraction of sp³-hybridized carbons (Fsp3) is 0.350. The largest absolute Gasteiger partial charge is 0.326 e. The number of rotatable bonds is 6. The Bertz CT molecular complexity index is 919. The van der Waals surface area contributed by atoms with Gasteiger partial charge in [-0.05, 0) is 56.0 Å². The molecule has 0 spiro atoms. The van der Waals surface area contributed by atoms with Crippen LogP contribution in [0.1, 0.15) is 37.0 Å². The Balaban J connectivity index is 2.30. The fourth-order valence-electron chi connectivity index (χ4n) is 2.68. The zero-order chi connectivity index (χ0) is 19.5. The second kappa shape index (κ2) is 7.91. The van der Waals surface area contributed by atoms with Gasteiger partial charge < -0.3 is 5.32 Å². The van der Waals surface area contributed by atoms with E-state index < -0.39 is 10.0 Å². The number of aryl methyl sites for hydroxylation is 3. The average molecular weight is 375 g/mol. The standard InChI is InChI=1S/C20H26N2O3S/c1-13(2)10-20(23)21-17-8-7-15(4)19(12-17)26(24,25)22-18-9-6-14(3)11-16(18)5/h6-9,11-13,22H,10H2,1-5H3,(H,21,23). The Labute approximate surface area is 155 Å². The molecule has 0 aliphatic carbocycles. The zero-order valence-corrected chi connectivity index (χ0v) is 16.7. The van der Waals surface area contributed by atoms with Crippen LogP contribution in [0.15, 0.2) is 41.3 Å². The number of anilines is 2. The lowest BCUT2D eigenvalue weighted by Crippen LogP contribution is -2.17. The van der Waals surface area contributed by atoms with E-state index in [4.69, 9.17) is 0 Å². The summed E-state index contributed by atoms with van der Waals surface area (Å²) in [6, 6.07) is 10.4. The highest BCUT2D eigenvalue weighted by molar-refractivity contribution is 7.92. The summed E-state index contributed by atoms with van der Waals surface area (Å²) in [5, 5.41) is 2.76. The lowest BCUT2D eigenvalue weighted by atomic mass is 10.1. The lowest BCUT2D eigenvalue weighted by Gasteiger charge is -2.14. The fourth-order valence-corrected chi connectivity index (χ4v) is 4.08. The van der Waals surface area contributed by atoms with Crippen LogP contribution in [0, 0.1) is 26.7 Å². The molecule has 0 aliphatic heterocycles. The summed E-state index contributed by atoms with van der Waals surface area (Å²) in [5.74, 6) is 0.101. The average Bonchev–Trinajstić information content (AvgIpc) is 2.51. The van der Waals surface area contributed by atoms with E-state index in [9.17, 15) is 13.2 Å². The van der Waals surface area contributed by atoms with Crippen LogP contribution < -0.4 is 10.0 Å². The SMILES string of the molecule is Cc1ccc(NS(=O)(=O)c2cc(NC(=O)CC(C)C)ccc2C)c(C)c1. The molecule has 6 heteroatoms. The van der Waals surface area contributed by atoms with E-state index in [-0.39, 0.29) is 16.7 Å². The molecule has 0 atom stereocenters. The number of benzene rings is 2. The minimum Gasteiger partial charge on any atom is -0.326 e. The molecular weight excluding hydrogens is 348 g/mol. The quantitative estimate of drug-likeness (QED) is 0.787. The lowest BCUT2D eigenvalue weighted by molar-refractivity contribution is -0.116. The Kier molecular flexibility index (Phi) is 6.08. The van der Waals surface area contributed by atoms with Crippen molar-refractivity contribution in [3.8, 4) is 0 Å². The third-order valence-corrected chi connectivity index (χ3v) is 5.49. The highest BCUT2D eigenvalue weighted by Crippen LogP contribution is 2.25. The topological polar surface area (TPSA) is 75.3 Å². The number of amides is 1. The monoisotopic (exact) mass is 374 g/mol. The van der Waals surface area contributed by atoms with Gasteiger partial charge in [0.1, 0.15) is 0 Å². The maximum Gasteiger partial charge on any atom is 0.262 e. The Morgan fingerprint density at radius 3 is 2.31 bits per heavy atom. The maximum atomic E-state index is 12.9. The van der Waals surface area contributed by atoms with Crippen molar-refractivity contribution in [3.63, 3.8) is 0 Å². The number of hydrogen-bond donors (Lipinski definition) is 2. The molecule has 2 aromatic rings. The van der Waals surface area contributed by atoms with E-state index in [1.165, 1.54) is 6.07 Å². The maximum absolute atomic E-state index is 12.9. The minimum atomic E-state index is -3.76. The second-order valence-electron chi connectivity index (χ2n) is 7.05. The molecule has 0 radical (unpaired) electrons. The van der Waals surface area contributed by atoms with Crippen molar-refractivity contribution in [1.29, 1.82) is 0 Å². The van der Waals surface area contributed by atoms with Crippen molar-refractivity contribution in [2.24, 2.45) is 5.92 Å². The van der Waals surface area contributed by atoms with Gasteiger partial charge in [0, 0.05) is 12.1 Å². The first-order valence-electron chi connectivity index (χ1n) is 8.59. The van der Waals surface area contributed by atoms with E-state index >= 15 is 0 Å². The van der Waals surface area contributed by atoms with Crippen molar-refractivity contribution in [2.45, 2.75) is 45.9 Å². The molecule has 5 nitrogen and oxygen atoms in total. The van der Waals surface area contributed by atoms with Crippen molar-refractivity contribution in [1.82, 2.24) is 0 Å². The van der Waals surface area contributed by atoms with E-state index in [1.807, 2.05) is 39.8 Å². The Morgan fingerprint density at radius 2 is 1.69 bits per heavy atom. The molecule has 140 valence electrons. The van der Waals surface area contributed by atoms with Gasteiger partial charge >= 0.3 is 0 Å². The summed E-state index contributed by atoms with van der Waals surface area (Å²) in [7, 11) is -3.76. The molecule has 2 N–H and O–H groups in total. The third kappa shape index (κ3) is 5.08. The molecule has 1 amide bonds. The molecule has 0 aliphatic rings. The highest BCUT2D eigenvalue weighted by atomic mass is 32.2. The van der Waals surface area contributed by atoms with Gasteiger partial charge in [-0.2, -0.15) is 0 Å². The summed E-state index contributed by atoms with van der Waals surface area (Å²) in [6.45, 7) is 9.46. The first kappa shape index (κ1) is 20.0. The smallest absolute Gasteiger partial charge is 0.262 e. The summed E-state index contributed by atoms with van der Waals surface area (Å²) in [6.07, 6.45) is 0.386. The van der Waals surface area contributed by atoms with Crippen LogP contribution in [0.25, 0.3) is 0 Å². The van der Waals surface area contributed by atoms with Gasteiger partial charge in [-0.15, -0.1) is 0 Å². The molecule has 0 fully saturated rings. The molecular formula is C20H26N2O3S. The molecule has 0 bridgehead atoms. The summed E-state index contributed by atoms with van der Waals surface area (Å²) >= 11 is 0. The molecule has 2 rings (SSSR count). The Morgan fingerprint density at radius 1 is 1.00 bits per heavy atom. The van der Waals surface area contributed by atoms with E-state index in [1.54, 1.807) is 25.1 Å². The first-order valence-corrected chi connectivity index (χ1v) is 10.1. The second-order valence-corrected chi connectivity index (χ2v) is 8.70. The summed E-state index contributed by atoms with van der Waals surface area (Å²) < 4.78 is 28.3. The first-order chi connectivity index (χ1) is 12.1. The molecule has 26 heavy (non-hydrogen) atoms.